The van der Waals surface area contributed by atoms with Crippen LogP contribution in [0.1, 0.15) is 12.0 Å². The average Bonchev–Trinajstić information content (AvgIpc) is 3.34. The van der Waals surface area contributed by atoms with E-state index in [2.05, 4.69) is 4.72 Å². The van der Waals surface area contributed by atoms with Crippen LogP contribution in [0.15, 0.2) is 47.4 Å². The zero-order chi connectivity index (χ0) is 26.3. The lowest BCUT2D eigenvalue weighted by Crippen LogP contribution is -2.23. The molecule has 36 heavy (non-hydrogen) atoms. The molecule has 1 fully saturated rings. The predicted octanol–water partition coefficient (Wildman–Crippen LogP) is 6.63. The van der Waals surface area contributed by atoms with Gasteiger partial charge in [-0.2, -0.15) is 13.2 Å². The van der Waals surface area contributed by atoms with Gasteiger partial charge in [-0.15, -0.1) is 11.3 Å². The van der Waals surface area contributed by atoms with E-state index in [-0.39, 0.29) is 24.8 Å². The van der Waals surface area contributed by atoms with Gasteiger partial charge in [0.05, 0.1) is 18.4 Å². The molecule has 1 saturated heterocycles. The molecule has 0 saturated carbocycles. The monoisotopic (exact) mass is 580 g/mol. The van der Waals surface area contributed by atoms with Gasteiger partial charge in [0, 0.05) is 24.7 Å². The smallest absolute Gasteiger partial charge is 0.419 e. The lowest BCUT2D eigenvalue weighted by Gasteiger charge is -2.19. The van der Waals surface area contributed by atoms with Gasteiger partial charge in [0.25, 0.3) is 10.0 Å². The van der Waals surface area contributed by atoms with Crippen LogP contribution in [-0.2, 0) is 16.2 Å². The molecule has 0 spiro atoms. The molecule has 13 heteroatoms. The Bertz CT molecular complexity index is 1380. The second-order valence-corrected chi connectivity index (χ2v) is 12.0. The van der Waals surface area contributed by atoms with E-state index in [0.717, 1.165) is 29.5 Å². The molecule has 0 bridgehead atoms. The molecule has 0 amide bonds. The molecule has 4 rings (SSSR count). The number of likely N-dealkylation sites (tertiary alicyclic amines) is 1. The number of alkyl halides is 3. The lowest BCUT2D eigenvalue weighted by molar-refractivity contribution is -0.139. The number of anilines is 1. The summed E-state index contributed by atoms with van der Waals surface area (Å²) in [5, 5.41) is 0. The Kier molecular flexibility index (Phi) is 7.68. The van der Waals surface area contributed by atoms with Crippen LogP contribution in [0.5, 0.6) is 11.5 Å². The summed E-state index contributed by atoms with van der Waals surface area (Å²) in [5.74, 6) is 0.0229. The van der Waals surface area contributed by atoms with E-state index in [1.807, 2.05) is 11.9 Å². The second kappa shape index (κ2) is 10.3. The highest BCUT2D eigenvalue weighted by Crippen LogP contribution is 2.47. The molecule has 0 radical (unpaired) electrons. The molecule has 1 N–H and O–H groups in total. The Hall–Kier alpha value is -2.18. The van der Waals surface area contributed by atoms with Crippen LogP contribution < -0.4 is 14.2 Å². The van der Waals surface area contributed by atoms with Crippen LogP contribution >= 0.6 is 34.5 Å². The standard InChI is InChI=1S/C23H21Cl2F3N2O4S2/c1-30-9-8-16(12-30)34-18-11-14(6-7-17(18)23(26,27)28)29-36(31,32)20-19(21(24)35-22(20)25)13-4-3-5-15(10-13)33-2/h3-7,10-11,16,29H,8-9,12H2,1-2H3. The molecule has 3 aromatic rings. The van der Waals surface area contributed by atoms with Crippen molar-refractivity contribution in [2.75, 3.05) is 32.0 Å². The SMILES string of the molecule is COc1cccc(-c2c(Cl)sc(Cl)c2S(=O)(=O)Nc2ccc(C(F)(F)F)c(OC3CCN(C)C3)c2)c1. The summed E-state index contributed by atoms with van der Waals surface area (Å²) in [4.78, 5) is 1.65. The van der Waals surface area contributed by atoms with Crippen molar-refractivity contribution in [2.45, 2.75) is 23.6 Å². The maximum atomic E-state index is 13.6. The Morgan fingerprint density at radius 2 is 1.89 bits per heavy atom. The van der Waals surface area contributed by atoms with Crippen LogP contribution in [0.25, 0.3) is 11.1 Å². The third-order valence-electron chi connectivity index (χ3n) is 5.59. The highest BCUT2D eigenvalue weighted by molar-refractivity contribution is 7.93. The predicted molar refractivity (Wildman–Crippen MR) is 135 cm³/mol. The Morgan fingerprint density at radius 3 is 2.53 bits per heavy atom. The number of thiophene rings is 1. The molecule has 1 aliphatic rings. The fourth-order valence-electron chi connectivity index (χ4n) is 3.92. The van der Waals surface area contributed by atoms with Crippen molar-refractivity contribution in [3.63, 3.8) is 0 Å². The summed E-state index contributed by atoms with van der Waals surface area (Å²) in [6, 6.07) is 9.45. The van der Waals surface area contributed by atoms with Crippen molar-refractivity contribution < 1.29 is 31.1 Å². The first-order valence-corrected chi connectivity index (χ1v) is 13.7. The first-order chi connectivity index (χ1) is 16.9. The van der Waals surface area contributed by atoms with Gasteiger partial charge in [0.1, 0.15) is 31.2 Å². The van der Waals surface area contributed by atoms with Crippen LogP contribution in [0.3, 0.4) is 0 Å². The van der Waals surface area contributed by atoms with Crippen LogP contribution in [0.4, 0.5) is 18.9 Å². The number of methoxy groups -OCH3 is 1. The molecule has 6 nitrogen and oxygen atoms in total. The number of rotatable bonds is 7. The first-order valence-electron chi connectivity index (χ1n) is 10.6. The minimum Gasteiger partial charge on any atom is -0.497 e. The number of benzene rings is 2. The molecule has 194 valence electrons. The van der Waals surface area contributed by atoms with Gasteiger partial charge >= 0.3 is 6.18 Å². The number of halogens is 5. The molecule has 0 aliphatic carbocycles. The van der Waals surface area contributed by atoms with Gasteiger partial charge in [0.2, 0.25) is 0 Å². The largest absolute Gasteiger partial charge is 0.497 e. The minimum atomic E-state index is -4.68. The number of hydrogen-bond acceptors (Lipinski definition) is 6. The molecule has 1 unspecified atom stereocenters. The Morgan fingerprint density at radius 1 is 1.14 bits per heavy atom. The maximum Gasteiger partial charge on any atom is 0.419 e. The molecular weight excluding hydrogens is 560 g/mol. The zero-order valence-corrected chi connectivity index (χ0v) is 22.2. The van der Waals surface area contributed by atoms with Gasteiger partial charge in [-0.3, -0.25) is 4.72 Å². The first kappa shape index (κ1) is 26.9. The third kappa shape index (κ3) is 5.70. The van der Waals surface area contributed by atoms with Crippen molar-refractivity contribution >= 4 is 50.2 Å². The Balaban J connectivity index is 1.72. The number of ether oxygens (including phenoxy) is 2. The van der Waals surface area contributed by atoms with Gasteiger partial charge in [0.15, 0.2) is 0 Å². The van der Waals surface area contributed by atoms with Gasteiger partial charge in [-0.25, -0.2) is 8.42 Å². The van der Waals surface area contributed by atoms with Crippen molar-refractivity contribution in [3.8, 4) is 22.6 Å². The number of nitrogens with one attached hydrogen (secondary N) is 1. The molecule has 2 heterocycles. The van der Waals surface area contributed by atoms with Crippen LogP contribution in [0, 0.1) is 0 Å². The number of nitrogens with zero attached hydrogens (tertiary/aromatic N) is 1. The van der Waals surface area contributed by atoms with Crippen molar-refractivity contribution in [3.05, 3.63) is 56.7 Å². The maximum absolute atomic E-state index is 13.6. The zero-order valence-electron chi connectivity index (χ0n) is 19.0. The fourth-order valence-corrected chi connectivity index (χ4v) is 7.59. The normalized spacial score (nSPS) is 16.8. The summed E-state index contributed by atoms with van der Waals surface area (Å²) in [7, 11) is -1.06. The number of likely N-dealkylation sites (N-methyl/N-ethyl adjacent to an activating group) is 1. The van der Waals surface area contributed by atoms with E-state index in [1.165, 1.54) is 7.11 Å². The van der Waals surface area contributed by atoms with E-state index < -0.39 is 33.6 Å². The number of sulfonamides is 1. The molecule has 2 aromatic carbocycles. The van der Waals surface area contributed by atoms with E-state index in [0.29, 0.717) is 30.8 Å². The summed E-state index contributed by atoms with van der Waals surface area (Å²) in [6.45, 7) is 1.14. The minimum absolute atomic E-state index is 0.0947. The Labute approximate surface area is 220 Å². The lowest BCUT2D eigenvalue weighted by atomic mass is 10.1. The fraction of sp³-hybridized carbons (Fsp3) is 0.304. The van der Waals surface area contributed by atoms with Crippen LogP contribution in [-0.4, -0.2) is 46.7 Å². The van der Waals surface area contributed by atoms with E-state index in [1.54, 1.807) is 24.3 Å². The highest BCUT2D eigenvalue weighted by atomic mass is 35.5. The van der Waals surface area contributed by atoms with Crippen LogP contribution in [0.2, 0.25) is 8.67 Å². The summed E-state index contributed by atoms with van der Waals surface area (Å²) < 4.78 is 80.9. The van der Waals surface area contributed by atoms with Gasteiger partial charge in [-0.1, -0.05) is 35.3 Å². The van der Waals surface area contributed by atoms with Crippen molar-refractivity contribution in [1.29, 1.82) is 0 Å². The van der Waals surface area contributed by atoms with E-state index >= 15 is 0 Å². The van der Waals surface area contributed by atoms with Gasteiger partial charge < -0.3 is 14.4 Å². The van der Waals surface area contributed by atoms with Gasteiger partial charge in [-0.05, 0) is 43.3 Å². The third-order valence-corrected chi connectivity index (χ3v) is 8.89. The summed E-state index contributed by atoms with van der Waals surface area (Å²) in [5.41, 5.74) is -0.492. The topological polar surface area (TPSA) is 67.9 Å². The average molecular weight is 581 g/mol. The quantitative estimate of drug-likeness (QED) is 0.339. The second-order valence-electron chi connectivity index (χ2n) is 8.19. The highest BCUT2D eigenvalue weighted by Gasteiger charge is 2.36. The summed E-state index contributed by atoms with van der Waals surface area (Å²) in [6.07, 6.45) is -4.58. The van der Waals surface area contributed by atoms with Crippen molar-refractivity contribution in [1.82, 2.24) is 4.90 Å². The molecule has 1 aromatic heterocycles. The van der Waals surface area contributed by atoms with E-state index in [9.17, 15) is 21.6 Å². The molecule has 1 aliphatic heterocycles. The summed E-state index contributed by atoms with van der Waals surface area (Å²) >= 11 is 13.5. The van der Waals surface area contributed by atoms with Crippen molar-refractivity contribution in [2.24, 2.45) is 0 Å². The molecular formula is C23H21Cl2F3N2O4S2. The number of hydrogen-bond donors (Lipinski definition) is 1. The van der Waals surface area contributed by atoms with E-state index in [4.69, 9.17) is 32.7 Å². The molecule has 1 atom stereocenters.